The molecule has 0 aromatic rings. The van der Waals surface area contributed by atoms with E-state index in [4.69, 9.17) is 0 Å². The van der Waals surface area contributed by atoms with Crippen LogP contribution in [0.3, 0.4) is 0 Å². The number of hydrogen-bond donors (Lipinski definition) is 0. The van der Waals surface area contributed by atoms with Crippen LogP contribution in [-0.4, -0.2) is 0 Å². The number of fused-ring (bicyclic) bond motifs is 1. The molecule has 0 N–H and O–H groups in total. The van der Waals surface area contributed by atoms with E-state index in [1.165, 1.54) is 12.8 Å². The summed E-state index contributed by atoms with van der Waals surface area (Å²) in [7, 11) is 0. The normalized spacial score (nSPS) is 44.9. The van der Waals surface area contributed by atoms with Gasteiger partial charge in [-0.1, -0.05) is 62.0 Å². The molecule has 1 saturated carbocycles. The van der Waals surface area contributed by atoms with Gasteiger partial charge in [-0.3, -0.25) is 0 Å². The van der Waals surface area contributed by atoms with Crippen LogP contribution in [0.4, 0.5) is 0 Å². The van der Waals surface area contributed by atoms with Gasteiger partial charge in [0.1, 0.15) is 0 Å². The average Bonchev–Trinajstić information content (AvgIpc) is 2.87. The highest BCUT2D eigenvalue weighted by molar-refractivity contribution is 5.31. The molecule has 0 saturated heterocycles. The van der Waals surface area contributed by atoms with E-state index >= 15 is 0 Å². The zero-order chi connectivity index (χ0) is 11.2. The molecule has 0 nitrogen and oxygen atoms in total. The molecule has 0 spiro atoms. The first kappa shape index (κ1) is 10.1. The second kappa shape index (κ2) is 3.48. The van der Waals surface area contributed by atoms with Gasteiger partial charge < -0.3 is 0 Å². The Balaban J connectivity index is 1.90. The summed E-state index contributed by atoms with van der Waals surface area (Å²) in [4.78, 5) is 0. The molecule has 0 aromatic carbocycles. The highest BCUT2D eigenvalue weighted by atomic mass is 14.5. The fourth-order valence-electron chi connectivity index (χ4n) is 3.74. The minimum Gasteiger partial charge on any atom is -0.0805 e. The van der Waals surface area contributed by atoms with Gasteiger partial charge in [-0.25, -0.2) is 0 Å². The zero-order valence-corrected chi connectivity index (χ0v) is 10.2. The van der Waals surface area contributed by atoms with Crippen molar-refractivity contribution in [2.75, 3.05) is 0 Å². The number of allylic oxidation sites excluding steroid dienone is 8. The molecule has 0 heteroatoms. The molecule has 3 aliphatic rings. The van der Waals surface area contributed by atoms with Crippen LogP contribution >= 0.6 is 0 Å². The highest BCUT2D eigenvalue weighted by Crippen LogP contribution is 2.56. The van der Waals surface area contributed by atoms with Gasteiger partial charge in [-0.15, -0.1) is 0 Å². The van der Waals surface area contributed by atoms with Gasteiger partial charge >= 0.3 is 0 Å². The lowest BCUT2D eigenvalue weighted by atomic mass is 9.71. The van der Waals surface area contributed by atoms with Crippen LogP contribution in [0, 0.1) is 23.2 Å². The minimum atomic E-state index is 0.392. The first-order chi connectivity index (χ1) is 7.72. The Labute approximate surface area is 98.4 Å². The number of rotatable bonds is 1. The van der Waals surface area contributed by atoms with E-state index in [0.29, 0.717) is 5.41 Å². The maximum Gasteiger partial charge on any atom is -0.00490 e. The van der Waals surface area contributed by atoms with Crippen molar-refractivity contribution < 1.29 is 0 Å². The van der Waals surface area contributed by atoms with Crippen molar-refractivity contribution in [1.29, 1.82) is 0 Å². The van der Waals surface area contributed by atoms with Crippen molar-refractivity contribution in [3.8, 4) is 0 Å². The third-order valence-electron chi connectivity index (χ3n) is 5.08. The van der Waals surface area contributed by atoms with Crippen molar-refractivity contribution in [2.45, 2.75) is 26.7 Å². The molecular weight excluding hydrogens is 192 g/mol. The molecule has 0 radical (unpaired) electrons. The molecule has 3 rings (SSSR count). The lowest BCUT2D eigenvalue weighted by Gasteiger charge is -2.33. The van der Waals surface area contributed by atoms with Crippen LogP contribution in [-0.2, 0) is 0 Å². The van der Waals surface area contributed by atoms with Gasteiger partial charge in [0, 0.05) is 0 Å². The van der Waals surface area contributed by atoms with Crippen molar-refractivity contribution in [3.63, 3.8) is 0 Å². The van der Waals surface area contributed by atoms with Gasteiger partial charge in [0.05, 0.1) is 0 Å². The Kier molecular flexibility index (Phi) is 2.20. The average molecular weight is 212 g/mol. The van der Waals surface area contributed by atoms with Gasteiger partial charge in [-0.2, -0.15) is 0 Å². The van der Waals surface area contributed by atoms with Crippen LogP contribution in [0.5, 0.6) is 0 Å². The Hall–Kier alpha value is -1.04. The molecular formula is C16H20. The summed E-state index contributed by atoms with van der Waals surface area (Å²) in [6, 6.07) is 0. The van der Waals surface area contributed by atoms with Crippen molar-refractivity contribution in [2.24, 2.45) is 23.2 Å². The number of hydrogen-bond acceptors (Lipinski definition) is 0. The second-order valence-corrected chi connectivity index (χ2v) is 5.72. The molecule has 0 bridgehead atoms. The molecule has 16 heavy (non-hydrogen) atoms. The monoisotopic (exact) mass is 212 g/mol. The fraction of sp³-hybridized carbons (Fsp3) is 0.500. The molecule has 3 aliphatic carbocycles. The molecule has 0 aliphatic heterocycles. The summed E-state index contributed by atoms with van der Waals surface area (Å²) in [5.41, 5.74) is 2.05. The van der Waals surface area contributed by atoms with E-state index in [9.17, 15) is 0 Å². The molecule has 0 heterocycles. The molecule has 4 unspecified atom stereocenters. The lowest BCUT2D eigenvalue weighted by molar-refractivity contribution is 0.259. The first-order valence-corrected chi connectivity index (χ1v) is 6.43. The summed E-state index contributed by atoms with van der Waals surface area (Å²) < 4.78 is 0. The second-order valence-electron chi connectivity index (χ2n) is 5.72. The molecule has 0 amide bonds. The van der Waals surface area contributed by atoms with E-state index in [2.05, 4.69) is 56.4 Å². The van der Waals surface area contributed by atoms with Crippen molar-refractivity contribution >= 4 is 0 Å². The molecule has 1 fully saturated rings. The maximum atomic E-state index is 2.44. The Morgan fingerprint density at radius 3 is 2.81 bits per heavy atom. The summed E-state index contributed by atoms with van der Waals surface area (Å²) in [6.07, 6.45) is 18.7. The predicted molar refractivity (Wildman–Crippen MR) is 69.0 cm³/mol. The zero-order valence-electron chi connectivity index (χ0n) is 10.2. The third-order valence-corrected chi connectivity index (χ3v) is 5.08. The van der Waals surface area contributed by atoms with Crippen LogP contribution in [0.1, 0.15) is 26.7 Å². The van der Waals surface area contributed by atoms with Crippen LogP contribution < -0.4 is 0 Å². The van der Waals surface area contributed by atoms with Gasteiger partial charge in [0.2, 0.25) is 0 Å². The fourth-order valence-corrected chi connectivity index (χ4v) is 3.74. The van der Waals surface area contributed by atoms with E-state index in [-0.39, 0.29) is 0 Å². The Morgan fingerprint density at radius 2 is 2.12 bits per heavy atom. The standard InChI is InChI=1S/C16H20/c1-12-15(13-7-3-4-8-13)11-14-9-5-6-10-16(12,14)2/h3-7,9-10,12,14-15H,8,11H2,1-2H3. The van der Waals surface area contributed by atoms with Crippen LogP contribution in [0.25, 0.3) is 0 Å². The summed E-state index contributed by atoms with van der Waals surface area (Å²) in [5, 5.41) is 0. The first-order valence-electron chi connectivity index (χ1n) is 6.43. The lowest BCUT2D eigenvalue weighted by Crippen LogP contribution is -2.26. The van der Waals surface area contributed by atoms with E-state index in [1.54, 1.807) is 5.57 Å². The summed E-state index contributed by atoms with van der Waals surface area (Å²) >= 11 is 0. The topological polar surface area (TPSA) is 0 Å². The summed E-state index contributed by atoms with van der Waals surface area (Å²) in [6.45, 7) is 4.87. The van der Waals surface area contributed by atoms with Crippen molar-refractivity contribution in [1.82, 2.24) is 0 Å². The largest absolute Gasteiger partial charge is 0.0805 e. The Morgan fingerprint density at radius 1 is 1.25 bits per heavy atom. The van der Waals surface area contributed by atoms with Crippen LogP contribution in [0.2, 0.25) is 0 Å². The molecule has 0 aromatic heterocycles. The Bertz CT molecular complexity index is 408. The predicted octanol–water partition coefficient (Wildman–Crippen LogP) is 4.28. The van der Waals surface area contributed by atoms with E-state index < -0.39 is 0 Å². The molecule has 4 atom stereocenters. The van der Waals surface area contributed by atoms with E-state index in [0.717, 1.165) is 17.8 Å². The molecule has 84 valence electrons. The quantitative estimate of drug-likeness (QED) is 0.608. The van der Waals surface area contributed by atoms with Gasteiger partial charge in [0.15, 0.2) is 0 Å². The minimum absolute atomic E-state index is 0.392. The van der Waals surface area contributed by atoms with Crippen LogP contribution in [0.15, 0.2) is 48.1 Å². The third kappa shape index (κ3) is 1.29. The van der Waals surface area contributed by atoms with Crippen molar-refractivity contribution in [3.05, 3.63) is 48.1 Å². The summed E-state index contributed by atoms with van der Waals surface area (Å²) in [5.74, 6) is 2.31. The van der Waals surface area contributed by atoms with Gasteiger partial charge in [-0.05, 0) is 36.0 Å². The SMILES string of the molecule is CC1C(C2=CC=CC2)CC2C=CC=CC21C. The smallest absolute Gasteiger partial charge is 0.00490 e. The van der Waals surface area contributed by atoms with E-state index in [1.807, 2.05) is 0 Å². The van der Waals surface area contributed by atoms with Gasteiger partial charge in [0.25, 0.3) is 0 Å². The highest BCUT2D eigenvalue weighted by Gasteiger charge is 2.48. The maximum absolute atomic E-state index is 2.44.